The number of nitrogens with zero attached hydrogens (tertiary/aromatic N) is 1. The van der Waals surface area contributed by atoms with Crippen LogP contribution in [0.15, 0.2) is 30.3 Å². The molecular weight excluding hydrogens is 232 g/mol. The highest BCUT2D eigenvalue weighted by molar-refractivity contribution is 5.79. The molecule has 1 heterocycles. The Hall–Kier alpha value is -1.41. The van der Waals surface area contributed by atoms with Gasteiger partial charge in [-0.2, -0.15) is 0 Å². The average Bonchev–Trinajstić information content (AvgIpc) is 2.42. The van der Waals surface area contributed by atoms with Gasteiger partial charge in [0.1, 0.15) is 0 Å². The zero-order chi connectivity index (χ0) is 13.7. The van der Waals surface area contributed by atoms with Crippen LogP contribution in [0.25, 0.3) is 10.9 Å². The van der Waals surface area contributed by atoms with Crippen molar-refractivity contribution in [1.82, 2.24) is 10.3 Å². The third-order valence-electron chi connectivity index (χ3n) is 3.50. The van der Waals surface area contributed by atoms with Crippen molar-refractivity contribution in [3.8, 4) is 0 Å². The van der Waals surface area contributed by atoms with Gasteiger partial charge >= 0.3 is 0 Å². The van der Waals surface area contributed by atoms with E-state index in [-0.39, 0.29) is 0 Å². The van der Waals surface area contributed by atoms with Crippen molar-refractivity contribution < 1.29 is 0 Å². The number of nitrogens with one attached hydrogen (secondary N) is 1. The Morgan fingerprint density at radius 1 is 1.21 bits per heavy atom. The summed E-state index contributed by atoms with van der Waals surface area (Å²) in [5.41, 5.74) is 3.59. The standard InChI is InChI=1S/C17H24N2/c1-4-11-18-13(2)5-7-15-8-10-17-16(12-15)9-6-14(3)19-17/h6,8-10,12-13,18H,4-5,7,11H2,1-3H3. The van der Waals surface area contributed by atoms with Gasteiger partial charge in [-0.05, 0) is 63.4 Å². The Morgan fingerprint density at radius 2 is 2.05 bits per heavy atom. The lowest BCUT2D eigenvalue weighted by Crippen LogP contribution is -2.27. The zero-order valence-corrected chi connectivity index (χ0v) is 12.2. The third kappa shape index (κ3) is 4.03. The van der Waals surface area contributed by atoms with Crippen LogP contribution in [0.3, 0.4) is 0 Å². The van der Waals surface area contributed by atoms with E-state index in [1.807, 2.05) is 6.92 Å². The molecule has 0 bridgehead atoms. The number of pyridine rings is 1. The second-order valence-corrected chi connectivity index (χ2v) is 5.37. The maximum absolute atomic E-state index is 4.54. The fourth-order valence-electron chi connectivity index (χ4n) is 2.31. The minimum atomic E-state index is 0.590. The van der Waals surface area contributed by atoms with E-state index < -0.39 is 0 Å². The molecule has 0 aliphatic rings. The number of hydrogen-bond donors (Lipinski definition) is 1. The molecule has 0 aliphatic heterocycles. The van der Waals surface area contributed by atoms with Crippen molar-refractivity contribution in [2.45, 2.75) is 46.1 Å². The van der Waals surface area contributed by atoms with E-state index in [1.54, 1.807) is 0 Å². The Kier molecular flexibility index (Phi) is 4.92. The molecule has 1 N–H and O–H groups in total. The fraction of sp³-hybridized carbons (Fsp3) is 0.471. The van der Waals surface area contributed by atoms with E-state index in [4.69, 9.17) is 0 Å². The number of hydrogen-bond acceptors (Lipinski definition) is 2. The highest BCUT2D eigenvalue weighted by Gasteiger charge is 2.03. The van der Waals surface area contributed by atoms with Crippen LogP contribution in [0.4, 0.5) is 0 Å². The predicted molar refractivity (Wildman–Crippen MR) is 82.6 cm³/mol. The van der Waals surface area contributed by atoms with Crippen molar-refractivity contribution in [2.75, 3.05) is 6.54 Å². The molecule has 0 amide bonds. The van der Waals surface area contributed by atoms with Crippen LogP contribution in [0, 0.1) is 6.92 Å². The molecule has 1 unspecified atom stereocenters. The average molecular weight is 256 g/mol. The van der Waals surface area contributed by atoms with E-state index in [2.05, 4.69) is 54.5 Å². The molecule has 19 heavy (non-hydrogen) atoms. The van der Waals surface area contributed by atoms with Gasteiger partial charge in [0.25, 0.3) is 0 Å². The molecule has 2 heteroatoms. The largest absolute Gasteiger partial charge is 0.314 e. The van der Waals surface area contributed by atoms with Crippen LogP contribution in [0.2, 0.25) is 0 Å². The summed E-state index contributed by atoms with van der Waals surface area (Å²) >= 11 is 0. The monoisotopic (exact) mass is 256 g/mol. The third-order valence-corrected chi connectivity index (χ3v) is 3.50. The van der Waals surface area contributed by atoms with Crippen molar-refractivity contribution in [3.63, 3.8) is 0 Å². The first-order chi connectivity index (χ1) is 9.19. The summed E-state index contributed by atoms with van der Waals surface area (Å²) in [6.45, 7) is 7.62. The maximum atomic E-state index is 4.54. The van der Waals surface area contributed by atoms with E-state index in [0.29, 0.717) is 6.04 Å². The van der Waals surface area contributed by atoms with E-state index in [1.165, 1.54) is 23.8 Å². The van der Waals surface area contributed by atoms with Crippen molar-refractivity contribution >= 4 is 10.9 Å². The molecular formula is C17H24N2. The topological polar surface area (TPSA) is 24.9 Å². The summed E-state index contributed by atoms with van der Waals surface area (Å²) in [7, 11) is 0. The van der Waals surface area contributed by atoms with Gasteiger partial charge in [-0.3, -0.25) is 4.98 Å². The number of aryl methyl sites for hydroxylation is 2. The highest BCUT2D eigenvalue weighted by atomic mass is 14.9. The van der Waals surface area contributed by atoms with Gasteiger partial charge in [-0.1, -0.05) is 19.1 Å². The molecule has 2 rings (SSSR count). The quantitative estimate of drug-likeness (QED) is 0.849. The molecule has 0 saturated carbocycles. The Labute approximate surface area is 116 Å². The molecule has 1 atom stereocenters. The highest BCUT2D eigenvalue weighted by Crippen LogP contribution is 2.16. The fourth-order valence-corrected chi connectivity index (χ4v) is 2.31. The Morgan fingerprint density at radius 3 is 2.84 bits per heavy atom. The zero-order valence-electron chi connectivity index (χ0n) is 12.2. The van der Waals surface area contributed by atoms with Gasteiger partial charge in [0.2, 0.25) is 0 Å². The van der Waals surface area contributed by atoms with E-state index in [9.17, 15) is 0 Å². The van der Waals surface area contributed by atoms with Gasteiger partial charge in [-0.25, -0.2) is 0 Å². The van der Waals surface area contributed by atoms with Gasteiger partial charge in [-0.15, -0.1) is 0 Å². The number of benzene rings is 1. The molecule has 2 nitrogen and oxygen atoms in total. The van der Waals surface area contributed by atoms with Crippen LogP contribution in [0.5, 0.6) is 0 Å². The van der Waals surface area contributed by atoms with Gasteiger partial charge in [0.05, 0.1) is 5.52 Å². The van der Waals surface area contributed by atoms with Crippen LogP contribution in [0.1, 0.15) is 37.9 Å². The van der Waals surface area contributed by atoms with Crippen molar-refractivity contribution in [3.05, 3.63) is 41.6 Å². The van der Waals surface area contributed by atoms with Gasteiger partial charge in [0, 0.05) is 17.1 Å². The molecule has 1 aromatic heterocycles. The lowest BCUT2D eigenvalue weighted by atomic mass is 10.0. The number of rotatable bonds is 6. The van der Waals surface area contributed by atoms with Gasteiger partial charge in [0.15, 0.2) is 0 Å². The summed E-state index contributed by atoms with van der Waals surface area (Å²) in [5, 5.41) is 4.78. The molecule has 0 saturated heterocycles. The Balaban J connectivity index is 1.99. The first kappa shape index (κ1) is 14.0. The lowest BCUT2D eigenvalue weighted by molar-refractivity contribution is 0.514. The SMILES string of the molecule is CCCNC(C)CCc1ccc2nc(C)ccc2c1. The minimum Gasteiger partial charge on any atom is -0.314 e. The lowest BCUT2D eigenvalue weighted by Gasteiger charge is -2.13. The summed E-state index contributed by atoms with van der Waals surface area (Å²) in [5.74, 6) is 0. The molecule has 0 radical (unpaired) electrons. The Bertz CT molecular complexity index is 534. The van der Waals surface area contributed by atoms with E-state index in [0.717, 1.165) is 24.2 Å². The summed E-state index contributed by atoms with van der Waals surface area (Å²) in [6.07, 6.45) is 3.51. The summed E-state index contributed by atoms with van der Waals surface area (Å²) in [4.78, 5) is 4.54. The molecule has 0 aliphatic carbocycles. The van der Waals surface area contributed by atoms with E-state index >= 15 is 0 Å². The van der Waals surface area contributed by atoms with Crippen molar-refractivity contribution in [2.24, 2.45) is 0 Å². The van der Waals surface area contributed by atoms with Crippen LogP contribution >= 0.6 is 0 Å². The minimum absolute atomic E-state index is 0.590. The van der Waals surface area contributed by atoms with Crippen LogP contribution in [-0.2, 0) is 6.42 Å². The van der Waals surface area contributed by atoms with Crippen LogP contribution in [-0.4, -0.2) is 17.6 Å². The molecule has 0 spiro atoms. The predicted octanol–water partition coefficient (Wildman–Crippen LogP) is 3.86. The smallest absolute Gasteiger partial charge is 0.0705 e. The molecule has 2 aromatic rings. The maximum Gasteiger partial charge on any atom is 0.0705 e. The first-order valence-electron chi connectivity index (χ1n) is 7.28. The summed E-state index contributed by atoms with van der Waals surface area (Å²) < 4.78 is 0. The second-order valence-electron chi connectivity index (χ2n) is 5.37. The number of aromatic nitrogens is 1. The molecule has 1 aromatic carbocycles. The second kappa shape index (κ2) is 6.67. The molecule has 102 valence electrons. The normalized spacial score (nSPS) is 12.8. The van der Waals surface area contributed by atoms with Crippen LogP contribution < -0.4 is 5.32 Å². The molecule has 0 fully saturated rings. The van der Waals surface area contributed by atoms with Crippen molar-refractivity contribution in [1.29, 1.82) is 0 Å². The van der Waals surface area contributed by atoms with Gasteiger partial charge < -0.3 is 5.32 Å². The summed E-state index contributed by atoms with van der Waals surface area (Å²) in [6, 6.07) is 11.5. The number of fused-ring (bicyclic) bond motifs is 1. The first-order valence-corrected chi connectivity index (χ1v) is 7.28.